The first-order valence-corrected chi connectivity index (χ1v) is 12.4. The van der Waals surface area contributed by atoms with Crippen molar-refractivity contribution >= 4 is 5.91 Å². The first-order chi connectivity index (χ1) is 16.7. The number of benzene rings is 2. The summed E-state index contributed by atoms with van der Waals surface area (Å²) in [6.45, 7) is 3.91. The van der Waals surface area contributed by atoms with Gasteiger partial charge < -0.3 is 14.4 Å². The van der Waals surface area contributed by atoms with Gasteiger partial charge in [-0.2, -0.15) is 0 Å². The molecule has 1 unspecified atom stereocenters. The average molecular weight is 459 g/mol. The Morgan fingerprint density at radius 3 is 2.41 bits per heavy atom. The Hall–Kier alpha value is -3.05. The fourth-order valence-corrected chi connectivity index (χ4v) is 5.52. The summed E-state index contributed by atoms with van der Waals surface area (Å²) >= 11 is 0. The lowest BCUT2D eigenvalue weighted by Crippen LogP contribution is -2.46. The SMILES string of the molecule is COc1ccccc1O[C@H]1C=CC=C(CN2CCC(N3CCC(c4ccccc4)C3=O)CC2)C1. The Labute approximate surface area is 202 Å². The number of carbonyl (C=O) groups is 1. The van der Waals surface area contributed by atoms with Crippen LogP contribution >= 0.6 is 0 Å². The minimum absolute atomic E-state index is 0.0194. The third kappa shape index (κ3) is 5.05. The molecule has 0 spiro atoms. The van der Waals surface area contributed by atoms with Crippen LogP contribution in [0.5, 0.6) is 11.5 Å². The molecule has 0 aromatic heterocycles. The van der Waals surface area contributed by atoms with Gasteiger partial charge in [-0.1, -0.05) is 60.2 Å². The van der Waals surface area contributed by atoms with Gasteiger partial charge in [0.05, 0.1) is 13.0 Å². The number of piperidine rings is 1. The van der Waals surface area contributed by atoms with Crippen molar-refractivity contribution in [1.29, 1.82) is 0 Å². The van der Waals surface area contributed by atoms with Crippen LogP contribution in [0.15, 0.2) is 78.4 Å². The topological polar surface area (TPSA) is 42.0 Å². The molecule has 2 aliphatic heterocycles. The summed E-state index contributed by atoms with van der Waals surface area (Å²) in [5, 5.41) is 0. The van der Waals surface area contributed by atoms with E-state index in [0.29, 0.717) is 11.9 Å². The van der Waals surface area contributed by atoms with Gasteiger partial charge in [0.1, 0.15) is 6.10 Å². The number of hydrogen-bond donors (Lipinski definition) is 0. The minimum Gasteiger partial charge on any atom is -0.493 e. The highest BCUT2D eigenvalue weighted by Crippen LogP contribution is 2.33. The molecular weight excluding hydrogens is 424 g/mol. The molecule has 0 radical (unpaired) electrons. The summed E-state index contributed by atoms with van der Waals surface area (Å²) in [6.07, 6.45) is 10.4. The average Bonchev–Trinajstić information content (AvgIpc) is 3.27. The molecule has 2 aromatic carbocycles. The zero-order valence-electron chi connectivity index (χ0n) is 19.9. The summed E-state index contributed by atoms with van der Waals surface area (Å²) in [7, 11) is 1.67. The lowest BCUT2D eigenvalue weighted by atomic mass is 9.97. The number of allylic oxidation sites excluding steroid dienone is 2. The van der Waals surface area contributed by atoms with Crippen LogP contribution in [0.2, 0.25) is 0 Å². The molecule has 5 heteroatoms. The van der Waals surface area contributed by atoms with Crippen molar-refractivity contribution in [2.45, 2.75) is 43.7 Å². The van der Waals surface area contributed by atoms with E-state index >= 15 is 0 Å². The molecule has 0 saturated carbocycles. The molecule has 5 nitrogen and oxygen atoms in total. The quantitative estimate of drug-likeness (QED) is 0.597. The van der Waals surface area contributed by atoms with E-state index < -0.39 is 0 Å². The van der Waals surface area contributed by atoms with Gasteiger partial charge in [0.2, 0.25) is 5.91 Å². The summed E-state index contributed by atoms with van der Waals surface area (Å²) in [5.74, 6) is 1.91. The number of ether oxygens (including phenoxy) is 2. The van der Waals surface area contributed by atoms with Crippen molar-refractivity contribution < 1.29 is 14.3 Å². The van der Waals surface area contributed by atoms with E-state index in [1.165, 1.54) is 5.57 Å². The number of para-hydroxylation sites is 2. The lowest BCUT2D eigenvalue weighted by molar-refractivity contribution is -0.131. The molecule has 0 bridgehead atoms. The monoisotopic (exact) mass is 458 g/mol. The van der Waals surface area contributed by atoms with Crippen LogP contribution in [0.3, 0.4) is 0 Å². The van der Waals surface area contributed by atoms with Crippen LogP contribution < -0.4 is 9.47 Å². The molecule has 1 aliphatic carbocycles. The molecule has 2 atom stereocenters. The summed E-state index contributed by atoms with van der Waals surface area (Å²) in [6, 6.07) is 18.4. The van der Waals surface area contributed by atoms with Crippen LogP contribution in [0, 0.1) is 0 Å². The summed E-state index contributed by atoms with van der Waals surface area (Å²) < 4.78 is 11.7. The predicted molar refractivity (Wildman–Crippen MR) is 134 cm³/mol. The van der Waals surface area contributed by atoms with E-state index in [4.69, 9.17) is 9.47 Å². The second kappa shape index (κ2) is 10.5. The van der Waals surface area contributed by atoms with E-state index in [9.17, 15) is 4.79 Å². The highest BCUT2D eigenvalue weighted by molar-refractivity contribution is 5.86. The zero-order valence-corrected chi connectivity index (χ0v) is 19.9. The van der Waals surface area contributed by atoms with Crippen molar-refractivity contribution in [2.75, 3.05) is 33.3 Å². The van der Waals surface area contributed by atoms with Crippen LogP contribution in [0.1, 0.15) is 37.2 Å². The lowest BCUT2D eigenvalue weighted by Gasteiger charge is -2.37. The number of hydrogen-bond acceptors (Lipinski definition) is 4. The number of methoxy groups -OCH3 is 1. The van der Waals surface area contributed by atoms with Crippen LogP contribution in [-0.2, 0) is 4.79 Å². The largest absolute Gasteiger partial charge is 0.493 e. The fraction of sp³-hybridized carbons (Fsp3) is 0.414. The molecule has 1 amide bonds. The summed E-state index contributed by atoms with van der Waals surface area (Å²) in [4.78, 5) is 17.8. The van der Waals surface area contributed by atoms with E-state index in [-0.39, 0.29) is 12.0 Å². The molecule has 34 heavy (non-hydrogen) atoms. The fourth-order valence-electron chi connectivity index (χ4n) is 5.52. The van der Waals surface area contributed by atoms with E-state index in [1.807, 2.05) is 42.5 Å². The van der Waals surface area contributed by atoms with E-state index in [1.54, 1.807) is 7.11 Å². The van der Waals surface area contributed by atoms with Crippen LogP contribution in [-0.4, -0.2) is 61.1 Å². The van der Waals surface area contributed by atoms with Crippen LogP contribution in [0.4, 0.5) is 0 Å². The molecular formula is C29H34N2O3. The normalized spacial score (nSPS) is 23.7. The highest BCUT2D eigenvalue weighted by Gasteiger charge is 2.37. The number of rotatable bonds is 7. The van der Waals surface area contributed by atoms with Gasteiger partial charge in [0, 0.05) is 38.6 Å². The number of carbonyl (C=O) groups excluding carboxylic acids is 1. The number of likely N-dealkylation sites (tertiary alicyclic amines) is 2. The maximum atomic E-state index is 13.1. The Kier molecular flexibility index (Phi) is 7.00. The van der Waals surface area contributed by atoms with E-state index in [0.717, 1.165) is 68.9 Å². The minimum atomic E-state index is 0.0194. The van der Waals surface area contributed by atoms with Gasteiger partial charge >= 0.3 is 0 Å². The highest BCUT2D eigenvalue weighted by atomic mass is 16.5. The Morgan fingerprint density at radius 1 is 0.912 bits per heavy atom. The Bertz CT molecular complexity index is 1040. The van der Waals surface area contributed by atoms with Crippen molar-refractivity contribution in [3.63, 3.8) is 0 Å². The third-order valence-corrected chi connectivity index (χ3v) is 7.33. The Morgan fingerprint density at radius 2 is 1.65 bits per heavy atom. The molecule has 2 heterocycles. The predicted octanol–water partition coefficient (Wildman–Crippen LogP) is 4.81. The van der Waals surface area contributed by atoms with Gasteiger partial charge in [-0.15, -0.1) is 0 Å². The van der Waals surface area contributed by atoms with Gasteiger partial charge in [-0.25, -0.2) is 0 Å². The number of amides is 1. The maximum absolute atomic E-state index is 13.1. The Balaban J connectivity index is 1.11. The standard InChI is InChI=1S/C29H34N2O3/c1-33-27-12-5-6-13-28(27)34-25-11-7-8-22(20-25)21-30-17-14-24(15-18-30)31-19-16-26(29(31)32)23-9-3-2-4-10-23/h2-13,24-26H,14-21H2,1H3/t25-,26?/m0/s1. The van der Waals surface area contributed by atoms with Gasteiger partial charge in [0.25, 0.3) is 0 Å². The summed E-state index contributed by atoms with van der Waals surface area (Å²) in [5.41, 5.74) is 2.55. The van der Waals surface area contributed by atoms with Crippen LogP contribution in [0.25, 0.3) is 0 Å². The molecule has 5 rings (SSSR count). The van der Waals surface area contributed by atoms with Crippen molar-refractivity contribution in [2.24, 2.45) is 0 Å². The third-order valence-electron chi connectivity index (χ3n) is 7.33. The molecule has 178 valence electrons. The van der Waals surface area contributed by atoms with E-state index in [2.05, 4.69) is 40.2 Å². The molecule has 3 aliphatic rings. The maximum Gasteiger partial charge on any atom is 0.230 e. The first kappa shape index (κ1) is 22.7. The zero-order chi connectivity index (χ0) is 23.3. The smallest absolute Gasteiger partial charge is 0.230 e. The number of nitrogens with zero attached hydrogens (tertiary/aromatic N) is 2. The van der Waals surface area contributed by atoms with Crippen molar-refractivity contribution in [1.82, 2.24) is 9.80 Å². The van der Waals surface area contributed by atoms with Crippen molar-refractivity contribution in [3.05, 3.63) is 84.0 Å². The second-order valence-corrected chi connectivity index (χ2v) is 9.51. The van der Waals surface area contributed by atoms with Gasteiger partial charge in [0.15, 0.2) is 11.5 Å². The molecule has 2 saturated heterocycles. The second-order valence-electron chi connectivity index (χ2n) is 9.51. The van der Waals surface area contributed by atoms with Crippen molar-refractivity contribution in [3.8, 4) is 11.5 Å². The first-order valence-electron chi connectivity index (χ1n) is 12.4. The molecule has 2 aromatic rings. The van der Waals surface area contributed by atoms with Gasteiger partial charge in [-0.3, -0.25) is 9.69 Å². The molecule has 0 N–H and O–H groups in total. The molecule has 2 fully saturated rings. The van der Waals surface area contributed by atoms with Gasteiger partial charge in [-0.05, 0) is 43.0 Å².